The monoisotopic (exact) mass is 249 g/mol. The van der Waals surface area contributed by atoms with Crippen LogP contribution >= 0.6 is 0 Å². The summed E-state index contributed by atoms with van der Waals surface area (Å²) in [5.74, 6) is 3.50. The van der Waals surface area contributed by atoms with Gasteiger partial charge in [0.1, 0.15) is 0 Å². The summed E-state index contributed by atoms with van der Waals surface area (Å²) < 4.78 is 0. The van der Waals surface area contributed by atoms with Gasteiger partial charge in [0.05, 0.1) is 0 Å². The highest BCUT2D eigenvalue weighted by Crippen LogP contribution is 2.49. The molecule has 0 aliphatic heterocycles. The van der Waals surface area contributed by atoms with Crippen LogP contribution in [0.25, 0.3) is 0 Å². The Hall–Kier alpha value is -0.730. The Balaban J connectivity index is 1.45. The highest BCUT2D eigenvalue weighted by atomic mass is 15.1. The summed E-state index contributed by atoms with van der Waals surface area (Å²) >= 11 is 0. The summed E-state index contributed by atoms with van der Waals surface area (Å²) in [4.78, 5) is 4.62. The Morgan fingerprint density at radius 1 is 1.00 bits per heavy atom. The maximum atomic E-state index is 6.03. The van der Waals surface area contributed by atoms with Crippen LogP contribution in [0.15, 0.2) is 4.99 Å². The average Bonchev–Trinajstić information content (AvgIpc) is 3.25. The zero-order chi connectivity index (χ0) is 12.4. The highest BCUT2D eigenvalue weighted by Gasteiger charge is 2.41. The lowest BCUT2D eigenvalue weighted by atomic mass is 9.96. The standard InChI is InChI=1S/C15H27N3/c16-15(18-13-4-2-1-3-5-13)17-10-14(11-6-7-11)12-8-9-12/h11-14H,1-10H2,(H3,16,17,18). The van der Waals surface area contributed by atoms with Gasteiger partial charge in [0.15, 0.2) is 5.96 Å². The van der Waals surface area contributed by atoms with Gasteiger partial charge in [-0.2, -0.15) is 0 Å². The fourth-order valence-corrected chi connectivity index (χ4v) is 3.44. The van der Waals surface area contributed by atoms with Gasteiger partial charge in [-0.05, 0) is 56.3 Å². The van der Waals surface area contributed by atoms with Gasteiger partial charge in [0.25, 0.3) is 0 Å². The first kappa shape index (κ1) is 12.3. The van der Waals surface area contributed by atoms with Crippen LogP contribution < -0.4 is 11.1 Å². The molecule has 0 atom stereocenters. The summed E-state index contributed by atoms with van der Waals surface area (Å²) in [6, 6.07) is 0.586. The van der Waals surface area contributed by atoms with E-state index in [1.807, 2.05) is 0 Å². The van der Waals surface area contributed by atoms with Crippen LogP contribution in [0.4, 0.5) is 0 Å². The summed E-state index contributed by atoms with van der Waals surface area (Å²) in [7, 11) is 0. The molecule has 3 aliphatic rings. The quantitative estimate of drug-likeness (QED) is 0.581. The van der Waals surface area contributed by atoms with Crippen LogP contribution in [-0.4, -0.2) is 18.5 Å². The van der Waals surface area contributed by atoms with E-state index < -0.39 is 0 Å². The Bertz CT molecular complexity index is 287. The lowest BCUT2D eigenvalue weighted by molar-refractivity contribution is 0.405. The molecule has 3 N–H and O–H groups in total. The van der Waals surface area contributed by atoms with Gasteiger partial charge in [-0.25, -0.2) is 0 Å². The fourth-order valence-electron chi connectivity index (χ4n) is 3.44. The molecule has 3 heteroatoms. The molecule has 3 rings (SSSR count). The van der Waals surface area contributed by atoms with E-state index in [0.29, 0.717) is 12.0 Å². The summed E-state index contributed by atoms with van der Waals surface area (Å²) in [5, 5.41) is 3.42. The summed E-state index contributed by atoms with van der Waals surface area (Å²) in [5.41, 5.74) is 6.03. The van der Waals surface area contributed by atoms with Crippen molar-refractivity contribution in [2.75, 3.05) is 6.54 Å². The maximum absolute atomic E-state index is 6.03. The van der Waals surface area contributed by atoms with Gasteiger partial charge < -0.3 is 11.1 Å². The lowest BCUT2D eigenvalue weighted by Gasteiger charge is -2.23. The van der Waals surface area contributed by atoms with Crippen LogP contribution in [0.5, 0.6) is 0 Å². The number of guanidine groups is 1. The molecule has 0 aromatic heterocycles. The van der Waals surface area contributed by atoms with E-state index in [9.17, 15) is 0 Å². The number of nitrogens with two attached hydrogens (primary N) is 1. The van der Waals surface area contributed by atoms with E-state index in [1.165, 1.54) is 57.8 Å². The molecule has 3 fully saturated rings. The molecule has 3 aliphatic carbocycles. The van der Waals surface area contributed by atoms with Gasteiger partial charge in [-0.3, -0.25) is 4.99 Å². The number of nitrogens with zero attached hydrogens (tertiary/aromatic N) is 1. The molecule has 0 bridgehead atoms. The van der Waals surface area contributed by atoms with Crippen molar-refractivity contribution in [3.8, 4) is 0 Å². The molecule has 0 amide bonds. The van der Waals surface area contributed by atoms with Crippen molar-refractivity contribution in [3.63, 3.8) is 0 Å². The first-order chi connectivity index (χ1) is 8.83. The van der Waals surface area contributed by atoms with E-state index in [-0.39, 0.29) is 0 Å². The van der Waals surface area contributed by atoms with E-state index in [4.69, 9.17) is 5.73 Å². The molecule has 0 heterocycles. The van der Waals surface area contributed by atoms with Gasteiger partial charge in [-0.15, -0.1) is 0 Å². The average molecular weight is 249 g/mol. The molecule has 18 heavy (non-hydrogen) atoms. The summed E-state index contributed by atoms with van der Waals surface area (Å²) in [6.45, 7) is 0.973. The van der Waals surface area contributed by atoms with Crippen molar-refractivity contribution in [2.45, 2.75) is 63.8 Å². The Morgan fingerprint density at radius 2 is 1.61 bits per heavy atom. The largest absolute Gasteiger partial charge is 0.370 e. The third-order valence-corrected chi connectivity index (χ3v) is 4.88. The molecular formula is C15H27N3. The second-order valence-corrected chi connectivity index (χ2v) is 6.54. The molecule has 0 aromatic rings. The van der Waals surface area contributed by atoms with Crippen molar-refractivity contribution in [1.29, 1.82) is 0 Å². The van der Waals surface area contributed by atoms with Crippen LogP contribution in [0.3, 0.4) is 0 Å². The van der Waals surface area contributed by atoms with Crippen molar-refractivity contribution in [2.24, 2.45) is 28.5 Å². The smallest absolute Gasteiger partial charge is 0.188 e. The number of rotatable bonds is 5. The van der Waals surface area contributed by atoms with Crippen molar-refractivity contribution in [3.05, 3.63) is 0 Å². The van der Waals surface area contributed by atoms with Crippen molar-refractivity contribution < 1.29 is 0 Å². The summed E-state index contributed by atoms with van der Waals surface area (Å²) in [6.07, 6.45) is 12.4. The molecule has 0 aromatic carbocycles. The zero-order valence-corrected chi connectivity index (χ0v) is 11.4. The maximum Gasteiger partial charge on any atom is 0.188 e. The lowest BCUT2D eigenvalue weighted by Crippen LogP contribution is -2.41. The predicted molar refractivity (Wildman–Crippen MR) is 75.4 cm³/mol. The second kappa shape index (κ2) is 5.50. The third-order valence-electron chi connectivity index (χ3n) is 4.88. The van der Waals surface area contributed by atoms with Crippen LogP contribution in [-0.2, 0) is 0 Å². The molecule has 102 valence electrons. The van der Waals surface area contributed by atoms with E-state index in [2.05, 4.69) is 10.3 Å². The first-order valence-corrected chi connectivity index (χ1v) is 7.89. The van der Waals surface area contributed by atoms with Gasteiger partial charge in [0, 0.05) is 12.6 Å². The topological polar surface area (TPSA) is 50.4 Å². The SMILES string of the molecule is NC(=NCC(C1CC1)C1CC1)NC1CCCCC1. The molecule has 0 radical (unpaired) electrons. The van der Waals surface area contributed by atoms with E-state index >= 15 is 0 Å². The number of hydrogen-bond acceptors (Lipinski definition) is 1. The zero-order valence-electron chi connectivity index (χ0n) is 11.4. The second-order valence-electron chi connectivity index (χ2n) is 6.54. The fraction of sp³-hybridized carbons (Fsp3) is 0.933. The molecule has 0 spiro atoms. The number of hydrogen-bond donors (Lipinski definition) is 2. The first-order valence-electron chi connectivity index (χ1n) is 7.89. The molecule has 3 nitrogen and oxygen atoms in total. The molecule has 0 unspecified atom stereocenters. The minimum absolute atomic E-state index is 0.586. The Morgan fingerprint density at radius 3 is 2.17 bits per heavy atom. The minimum Gasteiger partial charge on any atom is -0.370 e. The molecule has 0 saturated heterocycles. The molecular weight excluding hydrogens is 222 g/mol. The normalized spacial score (nSPS) is 26.6. The van der Waals surface area contributed by atoms with Crippen molar-refractivity contribution >= 4 is 5.96 Å². The molecule has 3 saturated carbocycles. The Kier molecular flexibility index (Phi) is 3.76. The van der Waals surface area contributed by atoms with Crippen molar-refractivity contribution in [1.82, 2.24) is 5.32 Å². The van der Waals surface area contributed by atoms with Gasteiger partial charge in [-0.1, -0.05) is 19.3 Å². The predicted octanol–water partition coefficient (Wildman–Crippen LogP) is 2.66. The van der Waals surface area contributed by atoms with Gasteiger partial charge in [0.2, 0.25) is 0 Å². The van der Waals surface area contributed by atoms with Crippen LogP contribution in [0.2, 0.25) is 0 Å². The van der Waals surface area contributed by atoms with E-state index in [0.717, 1.165) is 24.3 Å². The van der Waals surface area contributed by atoms with Crippen LogP contribution in [0.1, 0.15) is 57.8 Å². The number of nitrogens with one attached hydrogen (secondary N) is 1. The third kappa shape index (κ3) is 3.39. The van der Waals surface area contributed by atoms with Gasteiger partial charge >= 0.3 is 0 Å². The highest BCUT2D eigenvalue weighted by molar-refractivity contribution is 5.78. The van der Waals surface area contributed by atoms with E-state index in [1.54, 1.807) is 0 Å². The Labute approximate surface area is 111 Å². The minimum atomic E-state index is 0.586. The number of aliphatic imine (C=N–C) groups is 1. The van der Waals surface area contributed by atoms with Crippen LogP contribution in [0, 0.1) is 17.8 Å².